The number of halogens is 1. The summed E-state index contributed by atoms with van der Waals surface area (Å²) in [7, 11) is 1.37. The molecule has 0 aliphatic rings. The summed E-state index contributed by atoms with van der Waals surface area (Å²) in [5.74, 6) is -1.00. The maximum Gasteiger partial charge on any atom is 0.337 e. The highest BCUT2D eigenvalue weighted by Gasteiger charge is 2.20. The number of benzene rings is 1. The maximum atomic E-state index is 10.8. The average Bonchev–Trinajstić information content (AvgIpc) is 2.09. The summed E-state index contributed by atoms with van der Waals surface area (Å²) in [6.45, 7) is 1.80. The molecular weight excluding hydrogens is 204 g/mol. The van der Waals surface area contributed by atoms with Gasteiger partial charge in [0.25, 0.3) is 0 Å². The maximum absolute atomic E-state index is 10.8. The lowest BCUT2D eigenvalue weighted by atomic mass is 10.0. The van der Waals surface area contributed by atoms with Crippen molar-refractivity contribution >= 4 is 17.6 Å². The van der Waals surface area contributed by atoms with Crippen LogP contribution in [-0.4, -0.2) is 18.2 Å². The summed E-state index contributed by atoms with van der Waals surface area (Å²) in [4.78, 5) is 10.8. The Hall–Kier alpha value is -1.06. The molecule has 4 heteroatoms. The lowest BCUT2D eigenvalue weighted by molar-refractivity contribution is -0.148. The van der Waals surface area contributed by atoms with Crippen LogP contribution in [0.5, 0.6) is 0 Å². The minimum atomic E-state index is -1.00. The van der Waals surface area contributed by atoms with E-state index >= 15 is 0 Å². The summed E-state index contributed by atoms with van der Waals surface area (Å²) in [5, 5.41) is 9.45. The van der Waals surface area contributed by atoms with Crippen LogP contribution in [0.4, 0.5) is 0 Å². The third-order valence-corrected chi connectivity index (χ3v) is 2.21. The number of hydrogen-bond acceptors (Lipinski definition) is 2. The number of aliphatic carboxylic acids is 1. The quantitative estimate of drug-likeness (QED) is 0.841. The molecule has 1 aromatic carbocycles. The lowest BCUT2D eigenvalue weighted by Crippen LogP contribution is -2.14. The van der Waals surface area contributed by atoms with Crippen LogP contribution >= 0.6 is 11.6 Å². The summed E-state index contributed by atoms with van der Waals surface area (Å²) < 4.78 is 4.88. The molecular formula is C10H11ClO3. The summed E-state index contributed by atoms with van der Waals surface area (Å²) in [6.07, 6.45) is -0.924. The Morgan fingerprint density at radius 1 is 1.57 bits per heavy atom. The molecule has 0 amide bonds. The Bertz CT molecular complexity index is 349. The predicted octanol–water partition coefficient (Wildman–Crippen LogP) is 2.42. The van der Waals surface area contributed by atoms with Crippen molar-refractivity contribution in [3.63, 3.8) is 0 Å². The minimum absolute atomic E-state index is 0.589. The zero-order valence-electron chi connectivity index (χ0n) is 7.95. The molecule has 14 heavy (non-hydrogen) atoms. The number of carbonyl (C=O) groups is 1. The zero-order valence-corrected chi connectivity index (χ0v) is 8.71. The molecule has 0 heterocycles. The van der Waals surface area contributed by atoms with Crippen LogP contribution in [-0.2, 0) is 9.53 Å². The third-order valence-electron chi connectivity index (χ3n) is 1.97. The summed E-state index contributed by atoms with van der Waals surface area (Å²) in [6, 6.07) is 5.03. The van der Waals surface area contributed by atoms with Gasteiger partial charge in [0.1, 0.15) is 0 Å². The number of methoxy groups -OCH3 is 1. The van der Waals surface area contributed by atoms with Crippen molar-refractivity contribution in [3.05, 3.63) is 34.3 Å². The van der Waals surface area contributed by atoms with Crippen molar-refractivity contribution in [2.24, 2.45) is 0 Å². The molecule has 0 aliphatic carbocycles. The topological polar surface area (TPSA) is 46.5 Å². The molecule has 1 atom stereocenters. The van der Waals surface area contributed by atoms with Gasteiger partial charge in [-0.3, -0.25) is 0 Å². The van der Waals surface area contributed by atoms with Gasteiger partial charge in [0.15, 0.2) is 6.10 Å². The number of rotatable bonds is 3. The van der Waals surface area contributed by atoms with Gasteiger partial charge in [-0.2, -0.15) is 0 Å². The van der Waals surface area contributed by atoms with E-state index in [2.05, 4.69) is 0 Å². The molecule has 0 bridgehead atoms. The average molecular weight is 215 g/mol. The van der Waals surface area contributed by atoms with E-state index in [0.29, 0.717) is 10.6 Å². The molecule has 0 saturated heterocycles. The second-order valence-corrected chi connectivity index (χ2v) is 3.39. The van der Waals surface area contributed by atoms with E-state index in [1.807, 2.05) is 0 Å². The third kappa shape index (κ3) is 2.25. The van der Waals surface area contributed by atoms with Gasteiger partial charge in [0.05, 0.1) is 0 Å². The predicted molar refractivity (Wildman–Crippen MR) is 53.6 cm³/mol. The molecule has 1 N–H and O–H groups in total. The van der Waals surface area contributed by atoms with Gasteiger partial charge >= 0.3 is 5.97 Å². The van der Waals surface area contributed by atoms with Crippen molar-refractivity contribution < 1.29 is 14.6 Å². The normalized spacial score (nSPS) is 12.5. The fourth-order valence-electron chi connectivity index (χ4n) is 1.29. The van der Waals surface area contributed by atoms with Gasteiger partial charge in [-0.05, 0) is 30.2 Å². The van der Waals surface area contributed by atoms with E-state index in [9.17, 15) is 4.79 Å². The van der Waals surface area contributed by atoms with Crippen LogP contribution < -0.4 is 0 Å². The highest BCUT2D eigenvalue weighted by Crippen LogP contribution is 2.23. The van der Waals surface area contributed by atoms with Crippen molar-refractivity contribution in [1.29, 1.82) is 0 Å². The van der Waals surface area contributed by atoms with Crippen LogP contribution in [0.3, 0.4) is 0 Å². The summed E-state index contributed by atoms with van der Waals surface area (Å²) >= 11 is 5.76. The Morgan fingerprint density at radius 3 is 2.64 bits per heavy atom. The zero-order chi connectivity index (χ0) is 10.7. The number of carboxylic acid groups (broad SMARTS) is 1. The molecule has 3 nitrogen and oxygen atoms in total. The standard InChI is InChI=1S/C10H11ClO3/c1-6-5-7(11)3-4-8(6)9(14-2)10(12)13/h3-5,9H,1-2H3,(H,12,13). The Labute approximate surface area is 87.3 Å². The molecule has 0 fully saturated rings. The summed E-state index contributed by atoms with van der Waals surface area (Å²) in [5.41, 5.74) is 1.44. The van der Waals surface area contributed by atoms with Crippen molar-refractivity contribution in [3.8, 4) is 0 Å². The number of aryl methyl sites for hydroxylation is 1. The van der Waals surface area contributed by atoms with E-state index < -0.39 is 12.1 Å². The molecule has 0 saturated carbocycles. The number of ether oxygens (including phenoxy) is 1. The second kappa shape index (κ2) is 4.44. The first kappa shape index (κ1) is 11.0. The molecule has 0 spiro atoms. The minimum Gasteiger partial charge on any atom is -0.479 e. The van der Waals surface area contributed by atoms with Gasteiger partial charge in [-0.1, -0.05) is 17.7 Å². The van der Waals surface area contributed by atoms with E-state index in [1.165, 1.54) is 7.11 Å². The van der Waals surface area contributed by atoms with Crippen LogP contribution in [0.25, 0.3) is 0 Å². The van der Waals surface area contributed by atoms with Gasteiger partial charge in [0, 0.05) is 12.1 Å². The van der Waals surface area contributed by atoms with Crippen molar-refractivity contribution in [1.82, 2.24) is 0 Å². The van der Waals surface area contributed by atoms with E-state index in [4.69, 9.17) is 21.4 Å². The smallest absolute Gasteiger partial charge is 0.337 e. The van der Waals surface area contributed by atoms with Crippen molar-refractivity contribution in [2.45, 2.75) is 13.0 Å². The Morgan fingerprint density at radius 2 is 2.21 bits per heavy atom. The SMILES string of the molecule is COC(C(=O)O)c1ccc(Cl)cc1C. The van der Waals surface area contributed by atoms with E-state index in [1.54, 1.807) is 25.1 Å². The molecule has 1 rings (SSSR count). The Kier molecular flexibility index (Phi) is 3.49. The Balaban J connectivity index is 3.10. The molecule has 0 radical (unpaired) electrons. The largest absolute Gasteiger partial charge is 0.479 e. The second-order valence-electron chi connectivity index (χ2n) is 2.95. The fraction of sp³-hybridized carbons (Fsp3) is 0.300. The first-order valence-corrected chi connectivity index (χ1v) is 4.45. The van der Waals surface area contributed by atoms with Crippen molar-refractivity contribution in [2.75, 3.05) is 7.11 Å². The number of hydrogen-bond donors (Lipinski definition) is 1. The van der Waals surface area contributed by atoms with Gasteiger partial charge in [-0.25, -0.2) is 4.79 Å². The monoisotopic (exact) mass is 214 g/mol. The van der Waals surface area contributed by atoms with E-state index in [-0.39, 0.29) is 0 Å². The first-order valence-electron chi connectivity index (χ1n) is 4.08. The van der Waals surface area contributed by atoms with Crippen LogP contribution in [0.1, 0.15) is 17.2 Å². The highest BCUT2D eigenvalue weighted by molar-refractivity contribution is 6.30. The van der Waals surface area contributed by atoms with Crippen LogP contribution in [0.15, 0.2) is 18.2 Å². The molecule has 0 aliphatic heterocycles. The molecule has 76 valence electrons. The van der Waals surface area contributed by atoms with Gasteiger partial charge in [0.2, 0.25) is 0 Å². The molecule has 1 unspecified atom stereocenters. The fourth-order valence-corrected chi connectivity index (χ4v) is 1.52. The van der Waals surface area contributed by atoms with Gasteiger partial charge < -0.3 is 9.84 Å². The first-order chi connectivity index (χ1) is 6.56. The highest BCUT2D eigenvalue weighted by atomic mass is 35.5. The van der Waals surface area contributed by atoms with Gasteiger partial charge in [-0.15, -0.1) is 0 Å². The lowest BCUT2D eigenvalue weighted by Gasteiger charge is -2.13. The van der Waals surface area contributed by atoms with Crippen LogP contribution in [0, 0.1) is 6.92 Å². The molecule has 1 aromatic rings. The molecule has 0 aromatic heterocycles. The number of carboxylic acids is 1. The van der Waals surface area contributed by atoms with Crippen LogP contribution in [0.2, 0.25) is 5.02 Å². The van der Waals surface area contributed by atoms with E-state index in [0.717, 1.165) is 5.56 Å².